The Balaban J connectivity index is 2.04. The van der Waals surface area contributed by atoms with Gasteiger partial charge in [0, 0.05) is 32.5 Å². The van der Waals surface area contributed by atoms with Crippen molar-refractivity contribution in [3.63, 3.8) is 0 Å². The van der Waals surface area contributed by atoms with Crippen molar-refractivity contribution >= 4 is 5.82 Å². The van der Waals surface area contributed by atoms with Gasteiger partial charge in [-0.2, -0.15) is 0 Å². The highest BCUT2D eigenvalue weighted by Gasteiger charge is 2.04. The summed E-state index contributed by atoms with van der Waals surface area (Å²) in [5, 5.41) is 3.29. The van der Waals surface area contributed by atoms with Crippen LogP contribution < -0.4 is 10.2 Å². The summed E-state index contributed by atoms with van der Waals surface area (Å²) < 4.78 is 0. The molecular formula is C15H20N4. The third-order valence-corrected chi connectivity index (χ3v) is 2.91. The van der Waals surface area contributed by atoms with Gasteiger partial charge >= 0.3 is 0 Å². The predicted octanol–water partition coefficient (Wildman–Crippen LogP) is 2.22. The summed E-state index contributed by atoms with van der Waals surface area (Å²) in [5.41, 5.74) is 2.30. The molecule has 0 aliphatic rings. The van der Waals surface area contributed by atoms with Gasteiger partial charge in [0.25, 0.3) is 0 Å². The molecule has 1 N–H and O–H groups in total. The molecule has 2 heterocycles. The van der Waals surface area contributed by atoms with E-state index in [9.17, 15) is 0 Å². The van der Waals surface area contributed by atoms with Gasteiger partial charge in [-0.25, -0.2) is 4.98 Å². The van der Waals surface area contributed by atoms with Crippen molar-refractivity contribution in [3.8, 4) is 0 Å². The number of nitrogens with zero attached hydrogens (tertiary/aromatic N) is 3. The van der Waals surface area contributed by atoms with Crippen LogP contribution in [0.1, 0.15) is 18.2 Å². The van der Waals surface area contributed by atoms with E-state index in [0.29, 0.717) is 0 Å². The summed E-state index contributed by atoms with van der Waals surface area (Å²) in [6.07, 6.45) is 3.64. The van der Waals surface area contributed by atoms with E-state index >= 15 is 0 Å². The SMILES string of the molecule is CCNCc1cccc(N(C)Cc2ccncc2)n1. The highest BCUT2D eigenvalue weighted by Crippen LogP contribution is 2.12. The van der Waals surface area contributed by atoms with E-state index in [1.165, 1.54) is 5.56 Å². The first-order chi connectivity index (χ1) is 9.29. The third-order valence-electron chi connectivity index (χ3n) is 2.91. The van der Waals surface area contributed by atoms with Crippen LogP contribution in [0, 0.1) is 0 Å². The minimum absolute atomic E-state index is 0.813. The van der Waals surface area contributed by atoms with E-state index in [2.05, 4.69) is 40.2 Å². The Morgan fingerprint density at radius 2 is 1.95 bits per heavy atom. The zero-order valence-corrected chi connectivity index (χ0v) is 11.5. The van der Waals surface area contributed by atoms with Gasteiger partial charge in [-0.05, 0) is 36.4 Å². The van der Waals surface area contributed by atoms with Crippen molar-refractivity contribution in [2.75, 3.05) is 18.5 Å². The van der Waals surface area contributed by atoms with Crippen LogP contribution in [0.15, 0.2) is 42.7 Å². The van der Waals surface area contributed by atoms with Crippen LogP contribution >= 0.6 is 0 Å². The second-order valence-electron chi connectivity index (χ2n) is 4.48. The van der Waals surface area contributed by atoms with Crippen molar-refractivity contribution < 1.29 is 0 Å². The van der Waals surface area contributed by atoms with Gasteiger partial charge in [-0.15, -0.1) is 0 Å². The number of pyridine rings is 2. The summed E-state index contributed by atoms with van der Waals surface area (Å²) in [5.74, 6) is 0.993. The van der Waals surface area contributed by atoms with E-state index in [-0.39, 0.29) is 0 Å². The lowest BCUT2D eigenvalue weighted by Gasteiger charge is -2.18. The van der Waals surface area contributed by atoms with E-state index in [1.807, 2.05) is 36.7 Å². The molecule has 0 radical (unpaired) electrons. The Labute approximate surface area is 114 Å². The first kappa shape index (κ1) is 13.5. The maximum absolute atomic E-state index is 4.65. The van der Waals surface area contributed by atoms with E-state index < -0.39 is 0 Å². The van der Waals surface area contributed by atoms with Crippen LogP contribution in [0.3, 0.4) is 0 Å². The van der Waals surface area contributed by atoms with Crippen LogP contribution in [0.25, 0.3) is 0 Å². The molecule has 4 heteroatoms. The fraction of sp³-hybridized carbons (Fsp3) is 0.333. The third kappa shape index (κ3) is 4.03. The quantitative estimate of drug-likeness (QED) is 0.860. The smallest absolute Gasteiger partial charge is 0.128 e. The lowest BCUT2D eigenvalue weighted by molar-refractivity contribution is 0.708. The van der Waals surface area contributed by atoms with Crippen LogP contribution in [0.4, 0.5) is 5.82 Å². The summed E-state index contributed by atoms with van der Waals surface area (Å²) in [6.45, 7) is 4.70. The van der Waals surface area contributed by atoms with Crippen molar-refractivity contribution in [1.29, 1.82) is 0 Å². The highest BCUT2D eigenvalue weighted by molar-refractivity contribution is 5.39. The van der Waals surface area contributed by atoms with Crippen LogP contribution in [0.2, 0.25) is 0 Å². The standard InChI is InChI=1S/C15H20N4/c1-3-16-11-14-5-4-6-15(18-14)19(2)12-13-7-9-17-10-8-13/h4-10,16H,3,11-12H2,1-2H3. The monoisotopic (exact) mass is 256 g/mol. The molecule has 0 fully saturated rings. The van der Waals surface area contributed by atoms with Crippen molar-refractivity contribution in [3.05, 3.63) is 54.0 Å². The summed E-state index contributed by atoms with van der Waals surface area (Å²) in [6, 6.07) is 10.2. The lowest BCUT2D eigenvalue weighted by atomic mass is 10.2. The largest absolute Gasteiger partial charge is 0.355 e. The molecule has 4 nitrogen and oxygen atoms in total. The maximum Gasteiger partial charge on any atom is 0.128 e. The Bertz CT molecular complexity index is 499. The van der Waals surface area contributed by atoms with Crippen molar-refractivity contribution in [1.82, 2.24) is 15.3 Å². The Kier molecular flexibility index (Phi) is 4.86. The van der Waals surface area contributed by atoms with Crippen LogP contribution in [-0.4, -0.2) is 23.6 Å². The fourth-order valence-corrected chi connectivity index (χ4v) is 1.87. The first-order valence-corrected chi connectivity index (χ1v) is 6.56. The van der Waals surface area contributed by atoms with Crippen LogP contribution in [0.5, 0.6) is 0 Å². The fourth-order valence-electron chi connectivity index (χ4n) is 1.87. The molecule has 0 unspecified atom stereocenters. The zero-order valence-electron chi connectivity index (χ0n) is 11.5. The second-order valence-corrected chi connectivity index (χ2v) is 4.48. The van der Waals surface area contributed by atoms with Gasteiger partial charge in [0.2, 0.25) is 0 Å². The minimum Gasteiger partial charge on any atom is -0.355 e. The molecule has 0 bridgehead atoms. The van der Waals surface area contributed by atoms with Crippen LogP contribution in [-0.2, 0) is 13.1 Å². The molecule has 0 amide bonds. The summed E-state index contributed by atoms with van der Waals surface area (Å²) >= 11 is 0. The van der Waals surface area contributed by atoms with Gasteiger partial charge < -0.3 is 10.2 Å². The van der Waals surface area contributed by atoms with Crippen molar-refractivity contribution in [2.45, 2.75) is 20.0 Å². The summed E-state index contributed by atoms with van der Waals surface area (Å²) in [4.78, 5) is 10.8. The Morgan fingerprint density at radius 1 is 1.16 bits per heavy atom. The molecule has 19 heavy (non-hydrogen) atoms. The highest BCUT2D eigenvalue weighted by atomic mass is 15.2. The summed E-state index contributed by atoms with van der Waals surface area (Å²) in [7, 11) is 2.06. The normalized spacial score (nSPS) is 10.4. The van der Waals surface area contributed by atoms with E-state index in [4.69, 9.17) is 0 Å². The topological polar surface area (TPSA) is 41.0 Å². The number of hydrogen-bond acceptors (Lipinski definition) is 4. The number of nitrogens with one attached hydrogen (secondary N) is 1. The molecule has 2 aromatic rings. The number of rotatable bonds is 6. The Hall–Kier alpha value is -1.94. The molecular weight excluding hydrogens is 236 g/mol. The molecule has 2 rings (SSSR count). The van der Waals surface area contributed by atoms with Gasteiger partial charge in [0.05, 0.1) is 5.69 Å². The minimum atomic E-state index is 0.813. The van der Waals surface area contributed by atoms with Gasteiger partial charge in [-0.1, -0.05) is 13.0 Å². The molecule has 0 atom stereocenters. The average molecular weight is 256 g/mol. The molecule has 2 aromatic heterocycles. The van der Waals surface area contributed by atoms with E-state index in [0.717, 1.165) is 31.1 Å². The number of aromatic nitrogens is 2. The maximum atomic E-state index is 4.65. The lowest BCUT2D eigenvalue weighted by Crippen LogP contribution is -2.19. The molecule has 0 saturated carbocycles. The van der Waals surface area contributed by atoms with Gasteiger partial charge in [0.15, 0.2) is 0 Å². The zero-order chi connectivity index (χ0) is 13.5. The van der Waals surface area contributed by atoms with Gasteiger partial charge in [0.1, 0.15) is 5.82 Å². The molecule has 100 valence electrons. The number of hydrogen-bond donors (Lipinski definition) is 1. The molecule has 0 aliphatic heterocycles. The van der Waals surface area contributed by atoms with Gasteiger partial charge in [-0.3, -0.25) is 4.98 Å². The van der Waals surface area contributed by atoms with Crippen molar-refractivity contribution in [2.24, 2.45) is 0 Å². The molecule has 0 saturated heterocycles. The van der Waals surface area contributed by atoms with E-state index in [1.54, 1.807) is 0 Å². The molecule has 0 aromatic carbocycles. The predicted molar refractivity (Wildman–Crippen MR) is 78.0 cm³/mol. The average Bonchev–Trinajstić information content (AvgIpc) is 2.46. The Morgan fingerprint density at radius 3 is 2.68 bits per heavy atom. The molecule has 0 spiro atoms. The molecule has 0 aliphatic carbocycles. The first-order valence-electron chi connectivity index (χ1n) is 6.56. The number of anilines is 1. The second kappa shape index (κ2) is 6.85.